The quantitative estimate of drug-likeness (QED) is 0.763. The predicted octanol–water partition coefficient (Wildman–Crippen LogP) is 2.56. The molecule has 0 aliphatic heterocycles. The summed E-state index contributed by atoms with van der Waals surface area (Å²) < 4.78 is 7.16. The predicted molar refractivity (Wildman–Crippen MR) is 75.4 cm³/mol. The number of alkyl halides is 1. The van der Waals surface area contributed by atoms with Gasteiger partial charge in [0.15, 0.2) is 0 Å². The molecule has 0 saturated carbocycles. The zero-order chi connectivity index (χ0) is 13.7. The molecule has 102 valence electrons. The molecule has 0 fully saturated rings. The van der Waals surface area contributed by atoms with E-state index in [4.69, 9.17) is 16.3 Å². The van der Waals surface area contributed by atoms with Crippen LogP contribution in [0.5, 0.6) is 0 Å². The van der Waals surface area contributed by atoms with Crippen molar-refractivity contribution >= 4 is 11.6 Å². The van der Waals surface area contributed by atoms with Gasteiger partial charge in [0.2, 0.25) is 0 Å². The Kier molecular flexibility index (Phi) is 4.93. The van der Waals surface area contributed by atoms with E-state index in [9.17, 15) is 0 Å². The van der Waals surface area contributed by atoms with Crippen LogP contribution in [0.3, 0.4) is 0 Å². The lowest BCUT2D eigenvalue weighted by Gasteiger charge is -2.09. The number of aromatic nitrogens is 3. The Bertz CT molecular complexity index is 539. The molecule has 0 amide bonds. The summed E-state index contributed by atoms with van der Waals surface area (Å²) in [5, 5.41) is 8.37. The van der Waals surface area contributed by atoms with E-state index in [1.165, 1.54) is 11.1 Å². The maximum Gasteiger partial charge on any atom is 0.148 e. The number of hydrogen-bond acceptors (Lipinski definition) is 3. The van der Waals surface area contributed by atoms with Crippen LogP contribution in [-0.2, 0) is 23.6 Å². The average Bonchev–Trinajstić information content (AvgIpc) is 2.78. The molecule has 5 heteroatoms. The Hall–Kier alpha value is -1.39. The van der Waals surface area contributed by atoms with E-state index in [-0.39, 0.29) is 0 Å². The first-order chi connectivity index (χ1) is 9.24. The zero-order valence-electron chi connectivity index (χ0n) is 11.3. The molecule has 2 aromatic rings. The number of rotatable bonds is 6. The van der Waals surface area contributed by atoms with Crippen LogP contribution >= 0.6 is 11.6 Å². The standard InChI is InChI=1S/C14H18ClN3O/c1-11-4-3-5-12(8-11)9-13-16-17-14(10-15)18(13)6-7-19-2/h3-5,8H,6-7,9-10H2,1-2H3. The highest BCUT2D eigenvalue weighted by atomic mass is 35.5. The molecule has 0 saturated heterocycles. The number of benzene rings is 1. The van der Waals surface area contributed by atoms with Crippen LogP contribution in [-0.4, -0.2) is 28.5 Å². The topological polar surface area (TPSA) is 39.9 Å². The lowest BCUT2D eigenvalue weighted by atomic mass is 10.1. The third kappa shape index (κ3) is 3.55. The summed E-state index contributed by atoms with van der Waals surface area (Å²) in [5.74, 6) is 2.09. The minimum atomic E-state index is 0.366. The van der Waals surface area contributed by atoms with Crippen LogP contribution in [0.15, 0.2) is 24.3 Å². The molecule has 0 atom stereocenters. The van der Waals surface area contributed by atoms with Crippen molar-refractivity contribution in [2.45, 2.75) is 25.8 Å². The van der Waals surface area contributed by atoms with Gasteiger partial charge >= 0.3 is 0 Å². The van der Waals surface area contributed by atoms with Crippen LogP contribution in [0.2, 0.25) is 0 Å². The van der Waals surface area contributed by atoms with Crippen molar-refractivity contribution in [1.29, 1.82) is 0 Å². The van der Waals surface area contributed by atoms with E-state index in [2.05, 4.69) is 41.4 Å². The molecule has 1 aromatic carbocycles. The van der Waals surface area contributed by atoms with Crippen molar-refractivity contribution < 1.29 is 4.74 Å². The molecule has 1 heterocycles. The summed E-state index contributed by atoms with van der Waals surface area (Å²) in [5.41, 5.74) is 2.48. The van der Waals surface area contributed by atoms with Gasteiger partial charge in [0, 0.05) is 20.1 Å². The van der Waals surface area contributed by atoms with Crippen molar-refractivity contribution in [2.24, 2.45) is 0 Å². The summed E-state index contributed by atoms with van der Waals surface area (Å²) in [6.07, 6.45) is 0.759. The molecule has 1 aromatic heterocycles. The average molecular weight is 280 g/mol. The summed E-state index contributed by atoms with van der Waals surface area (Å²) in [6, 6.07) is 8.41. The summed E-state index contributed by atoms with van der Waals surface area (Å²) >= 11 is 5.89. The normalized spacial score (nSPS) is 10.9. The van der Waals surface area contributed by atoms with Crippen molar-refractivity contribution in [3.05, 3.63) is 47.0 Å². The minimum absolute atomic E-state index is 0.366. The van der Waals surface area contributed by atoms with E-state index in [1.54, 1.807) is 7.11 Å². The first-order valence-corrected chi connectivity index (χ1v) is 6.79. The Morgan fingerprint density at radius 3 is 2.74 bits per heavy atom. The molecule has 0 radical (unpaired) electrons. The van der Waals surface area contributed by atoms with Gasteiger partial charge in [-0.3, -0.25) is 0 Å². The van der Waals surface area contributed by atoms with Crippen molar-refractivity contribution in [3.63, 3.8) is 0 Å². The van der Waals surface area contributed by atoms with Gasteiger partial charge < -0.3 is 9.30 Å². The second kappa shape index (κ2) is 6.68. The van der Waals surface area contributed by atoms with E-state index in [0.717, 1.165) is 24.6 Å². The lowest BCUT2D eigenvalue weighted by Crippen LogP contribution is -2.11. The second-order valence-electron chi connectivity index (χ2n) is 4.48. The Morgan fingerprint density at radius 2 is 2.05 bits per heavy atom. The van der Waals surface area contributed by atoms with E-state index in [1.807, 2.05) is 4.57 Å². The van der Waals surface area contributed by atoms with Gasteiger partial charge in [-0.1, -0.05) is 29.8 Å². The second-order valence-corrected chi connectivity index (χ2v) is 4.74. The monoisotopic (exact) mass is 279 g/mol. The molecule has 0 bridgehead atoms. The fraction of sp³-hybridized carbons (Fsp3) is 0.429. The number of methoxy groups -OCH3 is 1. The highest BCUT2D eigenvalue weighted by Crippen LogP contribution is 2.12. The highest BCUT2D eigenvalue weighted by molar-refractivity contribution is 6.16. The highest BCUT2D eigenvalue weighted by Gasteiger charge is 2.11. The molecule has 0 N–H and O–H groups in total. The number of nitrogens with zero attached hydrogens (tertiary/aromatic N) is 3. The molecule has 0 unspecified atom stereocenters. The SMILES string of the molecule is COCCn1c(CCl)nnc1Cc1cccc(C)c1. The zero-order valence-corrected chi connectivity index (χ0v) is 12.0. The number of hydrogen-bond donors (Lipinski definition) is 0. The third-order valence-electron chi connectivity index (χ3n) is 2.99. The summed E-state index contributed by atoms with van der Waals surface area (Å²) in [4.78, 5) is 0. The van der Waals surface area contributed by atoms with Gasteiger partial charge in [-0.25, -0.2) is 0 Å². The molecule has 0 aliphatic carbocycles. The number of ether oxygens (including phenoxy) is 1. The van der Waals surface area contributed by atoms with Crippen molar-refractivity contribution in [2.75, 3.05) is 13.7 Å². The Balaban J connectivity index is 2.21. The minimum Gasteiger partial charge on any atom is -0.383 e. The van der Waals surface area contributed by atoms with E-state index < -0.39 is 0 Å². The molecule has 4 nitrogen and oxygen atoms in total. The molecule has 19 heavy (non-hydrogen) atoms. The lowest BCUT2D eigenvalue weighted by molar-refractivity contribution is 0.185. The fourth-order valence-electron chi connectivity index (χ4n) is 2.05. The molecular formula is C14H18ClN3O. The van der Waals surface area contributed by atoms with Crippen LogP contribution in [0.1, 0.15) is 22.8 Å². The van der Waals surface area contributed by atoms with Gasteiger partial charge in [0.25, 0.3) is 0 Å². The van der Waals surface area contributed by atoms with Crippen LogP contribution < -0.4 is 0 Å². The van der Waals surface area contributed by atoms with E-state index >= 15 is 0 Å². The summed E-state index contributed by atoms with van der Waals surface area (Å²) in [7, 11) is 1.69. The first-order valence-electron chi connectivity index (χ1n) is 6.26. The third-order valence-corrected chi connectivity index (χ3v) is 3.23. The number of aryl methyl sites for hydroxylation is 1. The Morgan fingerprint density at radius 1 is 1.26 bits per heavy atom. The largest absolute Gasteiger partial charge is 0.383 e. The van der Waals surface area contributed by atoms with E-state index in [0.29, 0.717) is 12.5 Å². The maximum absolute atomic E-state index is 5.89. The van der Waals surface area contributed by atoms with Crippen LogP contribution in [0, 0.1) is 6.92 Å². The van der Waals surface area contributed by atoms with Crippen LogP contribution in [0.4, 0.5) is 0 Å². The van der Waals surface area contributed by atoms with Gasteiger partial charge in [-0.2, -0.15) is 0 Å². The maximum atomic E-state index is 5.89. The fourth-order valence-corrected chi connectivity index (χ4v) is 2.25. The first kappa shape index (κ1) is 14.0. The van der Waals surface area contributed by atoms with Crippen molar-refractivity contribution in [3.8, 4) is 0 Å². The molecule has 0 spiro atoms. The molecule has 2 rings (SSSR count). The van der Waals surface area contributed by atoms with Crippen molar-refractivity contribution in [1.82, 2.24) is 14.8 Å². The molecule has 0 aliphatic rings. The smallest absolute Gasteiger partial charge is 0.148 e. The molecular weight excluding hydrogens is 262 g/mol. The Labute approximate surface area is 118 Å². The number of halogens is 1. The van der Waals surface area contributed by atoms with Gasteiger partial charge in [-0.15, -0.1) is 21.8 Å². The van der Waals surface area contributed by atoms with Gasteiger partial charge in [-0.05, 0) is 12.5 Å². The van der Waals surface area contributed by atoms with Crippen LogP contribution in [0.25, 0.3) is 0 Å². The van der Waals surface area contributed by atoms with Gasteiger partial charge in [0.1, 0.15) is 11.6 Å². The summed E-state index contributed by atoms with van der Waals surface area (Å²) in [6.45, 7) is 3.44. The van der Waals surface area contributed by atoms with Gasteiger partial charge in [0.05, 0.1) is 12.5 Å².